The van der Waals surface area contributed by atoms with Crippen molar-refractivity contribution >= 4 is 5.91 Å². The third-order valence-electron chi connectivity index (χ3n) is 3.15. The quantitative estimate of drug-likeness (QED) is 0.851. The van der Waals surface area contributed by atoms with E-state index in [1.165, 1.54) is 23.6 Å². The molecule has 0 unspecified atom stereocenters. The molecule has 0 saturated heterocycles. The van der Waals surface area contributed by atoms with Crippen LogP contribution in [0.3, 0.4) is 0 Å². The highest BCUT2D eigenvalue weighted by Gasteiger charge is 2.30. The summed E-state index contributed by atoms with van der Waals surface area (Å²) in [5, 5.41) is 7.25. The van der Waals surface area contributed by atoms with Crippen LogP contribution in [0.5, 0.6) is 0 Å². The van der Waals surface area contributed by atoms with Crippen molar-refractivity contribution in [2.45, 2.75) is 25.7 Å². The van der Waals surface area contributed by atoms with Gasteiger partial charge >= 0.3 is 6.18 Å². The summed E-state index contributed by atoms with van der Waals surface area (Å²) in [6, 6.07) is 4.98. The van der Waals surface area contributed by atoms with E-state index in [2.05, 4.69) is 10.2 Å². The van der Waals surface area contributed by atoms with Crippen LogP contribution in [0.25, 0.3) is 0 Å². The normalized spacial score (nSPS) is 11.5. The summed E-state index contributed by atoms with van der Waals surface area (Å²) >= 11 is 0. The molecule has 0 N–H and O–H groups in total. The molecule has 0 atom stereocenters. The Hall–Kier alpha value is -2.38. The van der Waals surface area contributed by atoms with Gasteiger partial charge in [0.25, 0.3) is 0 Å². The zero-order valence-corrected chi connectivity index (χ0v) is 11.9. The maximum Gasteiger partial charge on any atom is 0.416 e. The lowest BCUT2D eigenvalue weighted by Crippen LogP contribution is -2.27. The van der Waals surface area contributed by atoms with Crippen LogP contribution in [-0.4, -0.2) is 32.6 Å². The predicted molar refractivity (Wildman–Crippen MR) is 72.6 cm³/mol. The Morgan fingerprint density at radius 1 is 1.27 bits per heavy atom. The van der Waals surface area contributed by atoms with E-state index in [9.17, 15) is 18.0 Å². The van der Waals surface area contributed by atoms with Crippen molar-refractivity contribution in [2.24, 2.45) is 0 Å². The molecule has 8 heteroatoms. The molecule has 2 aromatic rings. The lowest BCUT2D eigenvalue weighted by molar-refractivity contribution is -0.137. The summed E-state index contributed by atoms with van der Waals surface area (Å²) in [5.74, 6) is -0.161. The molecular weight excluding hydrogens is 297 g/mol. The van der Waals surface area contributed by atoms with Crippen molar-refractivity contribution in [3.05, 3.63) is 48.0 Å². The summed E-state index contributed by atoms with van der Waals surface area (Å²) in [4.78, 5) is 13.4. The fourth-order valence-electron chi connectivity index (χ4n) is 1.96. The van der Waals surface area contributed by atoms with E-state index in [1.54, 1.807) is 17.7 Å². The van der Waals surface area contributed by atoms with Gasteiger partial charge in [0, 0.05) is 26.6 Å². The van der Waals surface area contributed by atoms with Crippen LogP contribution in [-0.2, 0) is 24.1 Å². The molecule has 5 nitrogen and oxygen atoms in total. The van der Waals surface area contributed by atoms with Crippen molar-refractivity contribution in [1.82, 2.24) is 19.7 Å². The SMILES string of the molecule is CN(Cc1cccc(C(F)(F)F)c1)C(=O)CCn1cnnc1. The highest BCUT2D eigenvalue weighted by atomic mass is 19.4. The molecule has 0 aliphatic rings. The van der Waals surface area contributed by atoms with Gasteiger partial charge in [0.05, 0.1) is 5.56 Å². The number of aryl methyl sites for hydroxylation is 1. The Morgan fingerprint density at radius 3 is 2.59 bits per heavy atom. The molecule has 0 bridgehead atoms. The Kier molecular flexibility index (Phi) is 4.79. The molecular formula is C14H15F3N4O. The summed E-state index contributed by atoms with van der Waals surface area (Å²) in [6.45, 7) is 0.559. The molecule has 118 valence electrons. The minimum Gasteiger partial charge on any atom is -0.341 e. The topological polar surface area (TPSA) is 51.0 Å². The predicted octanol–water partition coefficient (Wildman–Crippen LogP) is 2.35. The summed E-state index contributed by atoms with van der Waals surface area (Å²) in [7, 11) is 1.56. The van der Waals surface area contributed by atoms with Crippen molar-refractivity contribution in [2.75, 3.05) is 7.05 Å². The number of rotatable bonds is 5. The maximum atomic E-state index is 12.6. The van der Waals surface area contributed by atoms with Gasteiger partial charge in [-0.15, -0.1) is 10.2 Å². The molecule has 0 saturated carbocycles. The van der Waals surface area contributed by atoms with Crippen molar-refractivity contribution in [3.63, 3.8) is 0 Å². The van der Waals surface area contributed by atoms with Gasteiger partial charge in [0.15, 0.2) is 0 Å². The standard InChI is InChI=1S/C14H15F3N4O/c1-20(13(22)5-6-21-9-18-19-10-21)8-11-3-2-4-12(7-11)14(15,16)17/h2-4,7,9-10H,5-6,8H2,1H3. The Labute approximate surface area is 125 Å². The molecule has 0 fully saturated rings. The smallest absolute Gasteiger partial charge is 0.341 e. The first-order chi connectivity index (χ1) is 10.4. The molecule has 1 aromatic heterocycles. The van der Waals surface area contributed by atoms with Gasteiger partial charge in [-0.1, -0.05) is 12.1 Å². The average Bonchev–Trinajstić information content (AvgIpc) is 2.97. The molecule has 0 aliphatic carbocycles. The van der Waals surface area contributed by atoms with E-state index in [1.807, 2.05) is 0 Å². The Balaban J connectivity index is 1.93. The Bertz CT molecular complexity index is 625. The minimum atomic E-state index is -4.38. The van der Waals surface area contributed by atoms with Gasteiger partial charge in [-0.05, 0) is 17.7 Å². The third-order valence-corrected chi connectivity index (χ3v) is 3.15. The van der Waals surface area contributed by atoms with Crippen LogP contribution >= 0.6 is 0 Å². The molecule has 1 amide bonds. The van der Waals surface area contributed by atoms with Crippen LogP contribution < -0.4 is 0 Å². The first kappa shape index (κ1) is 16.0. The van der Waals surface area contributed by atoms with Gasteiger partial charge < -0.3 is 9.47 Å². The van der Waals surface area contributed by atoms with Gasteiger partial charge in [-0.2, -0.15) is 13.2 Å². The van der Waals surface area contributed by atoms with Crippen molar-refractivity contribution in [1.29, 1.82) is 0 Å². The zero-order valence-electron chi connectivity index (χ0n) is 11.9. The van der Waals surface area contributed by atoms with E-state index in [-0.39, 0.29) is 18.9 Å². The fourth-order valence-corrected chi connectivity index (χ4v) is 1.96. The van der Waals surface area contributed by atoms with Crippen molar-refractivity contribution in [3.8, 4) is 0 Å². The third kappa shape index (κ3) is 4.31. The number of carbonyl (C=O) groups is 1. The number of nitrogens with zero attached hydrogens (tertiary/aromatic N) is 4. The van der Waals surface area contributed by atoms with E-state index >= 15 is 0 Å². The second kappa shape index (κ2) is 6.59. The number of amides is 1. The zero-order chi connectivity index (χ0) is 16.2. The monoisotopic (exact) mass is 312 g/mol. The summed E-state index contributed by atoms with van der Waals surface area (Å²) in [6.07, 6.45) is -1.15. The molecule has 1 aromatic carbocycles. The van der Waals surface area contributed by atoms with E-state index < -0.39 is 11.7 Å². The van der Waals surface area contributed by atoms with Crippen LogP contribution in [0.15, 0.2) is 36.9 Å². The van der Waals surface area contributed by atoms with Crippen LogP contribution in [0, 0.1) is 0 Å². The maximum absolute atomic E-state index is 12.6. The van der Waals surface area contributed by atoms with Gasteiger partial charge in [0.2, 0.25) is 5.91 Å². The molecule has 0 radical (unpaired) electrons. The molecule has 2 rings (SSSR count). The lowest BCUT2D eigenvalue weighted by atomic mass is 10.1. The first-order valence-electron chi connectivity index (χ1n) is 6.59. The van der Waals surface area contributed by atoms with Crippen LogP contribution in [0.2, 0.25) is 0 Å². The average molecular weight is 312 g/mol. The largest absolute Gasteiger partial charge is 0.416 e. The summed E-state index contributed by atoms with van der Waals surface area (Å²) < 4.78 is 39.6. The number of halogens is 3. The highest BCUT2D eigenvalue weighted by molar-refractivity contribution is 5.75. The van der Waals surface area contributed by atoms with E-state index in [0.29, 0.717) is 12.1 Å². The Morgan fingerprint density at radius 2 is 1.95 bits per heavy atom. The van der Waals surface area contributed by atoms with Crippen molar-refractivity contribution < 1.29 is 18.0 Å². The number of hydrogen-bond donors (Lipinski definition) is 0. The number of carbonyl (C=O) groups excluding carboxylic acids is 1. The van der Waals surface area contributed by atoms with Crippen LogP contribution in [0.4, 0.5) is 13.2 Å². The van der Waals surface area contributed by atoms with Gasteiger partial charge in [-0.25, -0.2) is 0 Å². The van der Waals surface area contributed by atoms with Gasteiger partial charge in [-0.3, -0.25) is 4.79 Å². The molecule has 1 heterocycles. The molecule has 0 spiro atoms. The molecule has 0 aliphatic heterocycles. The lowest BCUT2D eigenvalue weighted by Gasteiger charge is -2.18. The van der Waals surface area contributed by atoms with Gasteiger partial charge in [0.1, 0.15) is 12.7 Å². The number of hydrogen-bond acceptors (Lipinski definition) is 3. The second-order valence-electron chi connectivity index (χ2n) is 4.90. The molecule has 22 heavy (non-hydrogen) atoms. The minimum absolute atomic E-state index is 0.130. The first-order valence-corrected chi connectivity index (χ1v) is 6.59. The second-order valence-corrected chi connectivity index (χ2v) is 4.90. The summed E-state index contributed by atoms with van der Waals surface area (Å²) in [5.41, 5.74) is -0.273. The fraction of sp³-hybridized carbons (Fsp3) is 0.357. The number of alkyl halides is 3. The number of benzene rings is 1. The van der Waals surface area contributed by atoms with E-state index in [4.69, 9.17) is 0 Å². The highest BCUT2D eigenvalue weighted by Crippen LogP contribution is 2.29. The van der Waals surface area contributed by atoms with Crippen LogP contribution in [0.1, 0.15) is 17.5 Å². The number of aromatic nitrogens is 3. The van der Waals surface area contributed by atoms with E-state index in [0.717, 1.165) is 12.1 Å².